The van der Waals surface area contributed by atoms with Gasteiger partial charge >= 0.3 is 12.1 Å². The molecule has 0 bridgehead atoms. The van der Waals surface area contributed by atoms with Crippen molar-refractivity contribution in [3.8, 4) is 6.01 Å². The molecular formula is C17H27ClN4O3. The third-order valence-electron chi connectivity index (χ3n) is 3.58. The highest BCUT2D eigenvalue weighted by atomic mass is 35.5. The van der Waals surface area contributed by atoms with E-state index >= 15 is 0 Å². The highest BCUT2D eigenvalue weighted by Crippen LogP contribution is 2.23. The lowest BCUT2D eigenvalue weighted by molar-refractivity contribution is 0.0158. The van der Waals surface area contributed by atoms with Gasteiger partial charge in [0.25, 0.3) is 0 Å². The minimum absolute atomic E-state index is 0.00759. The molecule has 25 heavy (non-hydrogen) atoms. The first-order valence-corrected chi connectivity index (χ1v) is 8.89. The Morgan fingerprint density at radius 1 is 1.32 bits per heavy atom. The number of ether oxygens (including phenoxy) is 2. The molecule has 0 unspecified atom stereocenters. The van der Waals surface area contributed by atoms with E-state index in [2.05, 4.69) is 14.9 Å². The number of amides is 1. The Labute approximate surface area is 154 Å². The molecule has 0 radical (unpaired) electrons. The first-order chi connectivity index (χ1) is 11.5. The van der Waals surface area contributed by atoms with Crippen LogP contribution in [0.1, 0.15) is 41.5 Å². The Morgan fingerprint density at radius 2 is 2.00 bits per heavy atom. The van der Waals surface area contributed by atoms with Crippen molar-refractivity contribution in [2.24, 2.45) is 0 Å². The van der Waals surface area contributed by atoms with E-state index in [1.54, 1.807) is 11.0 Å². The summed E-state index contributed by atoms with van der Waals surface area (Å²) in [5.41, 5.74) is -0.503. The van der Waals surface area contributed by atoms with Crippen LogP contribution >= 0.6 is 11.6 Å². The van der Waals surface area contributed by atoms with Gasteiger partial charge in [-0.05, 0) is 41.5 Å². The third kappa shape index (κ3) is 5.63. The summed E-state index contributed by atoms with van der Waals surface area (Å²) < 4.78 is 11.0. The molecule has 1 aromatic heterocycles. The topological polar surface area (TPSA) is 67.8 Å². The van der Waals surface area contributed by atoms with Crippen LogP contribution in [0, 0.1) is 0 Å². The normalized spacial score (nSPS) is 18.5. The number of piperazine rings is 1. The van der Waals surface area contributed by atoms with Crippen LogP contribution in [0.2, 0.25) is 5.15 Å². The van der Waals surface area contributed by atoms with Gasteiger partial charge in [0.2, 0.25) is 0 Å². The Balaban J connectivity index is 2.07. The number of nitrogens with zero attached hydrogens (tertiary/aromatic N) is 4. The summed E-state index contributed by atoms with van der Waals surface area (Å²) in [5, 5.41) is 0.336. The van der Waals surface area contributed by atoms with Crippen LogP contribution in [0.25, 0.3) is 0 Å². The van der Waals surface area contributed by atoms with E-state index < -0.39 is 5.60 Å². The number of rotatable bonds is 3. The van der Waals surface area contributed by atoms with Gasteiger partial charge in [0.15, 0.2) is 0 Å². The summed E-state index contributed by atoms with van der Waals surface area (Å²) in [6.07, 6.45) is -0.321. The van der Waals surface area contributed by atoms with Gasteiger partial charge in [-0.3, -0.25) is 0 Å². The second kappa shape index (κ2) is 7.64. The summed E-state index contributed by atoms with van der Waals surface area (Å²) in [5.74, 6) is 0.700. The van der Waals surface area contributed by atoms with Gasteiger partial charge in [-0.1, -0.05) is 11.6 Å². The molecule has 0 N–H and O–H groups in total. The lowest BCUT2D eigenvalue weighted by Crippen LogP contribution is -2.55. The molecule has 1 aliphatic heterocycles. The van der Waals surface area contributed by atoms with Gasteiger partial charge in [-0.2, -0.15) is 9.97 Å². The van der Waals surface area contributed by atoms with Crippen molar-refractivity contribution in [1.82, 2.24) is 14.9 Å². The van der Waals surface area contributed by atoms with Crippen LogP contribution in [0.3, 0.4) is 0 Å². The smallest absolute Gasteiger partial charge is 0.410 e. The SMILES string of the molecule is CC(C)Oc1nc(Cl)cc(N2CCN(C(=O)OC(C)(C)C)[C@H](C)C2)n1. The fourth-order valence-corrected chi connectivity index (χ4v) is 2.74. The first-order valence-electron chi connectivity index (χ1n) is 8.51. The van der Waals surface area contributed by atoms with Gasteiger partial charge in [0, 0.05) is 31.7 Å². The maximum absolute atomic E-state index is 12.3. The molecule has 1 aliphatic rings. The van der Waals surface area contributed by atoms with E-state index in [-0.39, 0.29) is 24.2 Å². The number of hydrogen-bond donors (Lipinski definition) is 0. The summed E-state index contributed by atoms with van der Waals surface area (Å²) in [6.45, 7) is 13.2. The molecular weight excluding hydrogens is 344 g/mol. The number of halogens is 1. The molecule has 7 nitrogen and oxygen atoms in total. The zero-order chi connectivity index (χ0) is 18.8. The van der Waals surface area contributed by atoms with Crippen molar-refractivity contribution >= 4 is 23.5 Å². The van der Waals surface area contributed by atoms with Gasteiger partial charge < -0.3 is 19.3 Å². The molecule has 2 rings (SSSR count). The number of carbonyl (C=O) groups excluding carboxylic acids is 1. The van der Waals surface area contributed by atoms with E-state index in [0.717, 1.165) is 0 Å². The van der Waals surface area contributed by atoms with Crippen LogP contribution in [0.5, 0.6) is 6.01 Å². The largest absolute Gasteiger partial charge is 0.461 e. The zero-order valence-corrected chi connectivity index (χ0v) is 16.5. The lowest BCUT2D eigenvalue weighted by Gasteiger charge is -2.40. The van der Waals surface area contributed by atoms with Gasteiger partial charge in [0.05, 0.1) is 6.10 Å². The Morgan fingerprint density at radius 3 is 2.56 bits per heavy atom. The van der Waals surface area contributed by atoms with Crippen LogP contribution in [0.15, 0.2) is 6.07 Å². The van der Waals surface area contributed by atoms with Crippen molar-refractivity contribution in [2.45, 2.75) is 59.3 Å². The maximum Gasteiger partial charge on any atom is 0.410 e. The van der Waals surface area contributed by atoms with Crippen molar-refractivity contribution in [1.29, 1.82) is 0 Å². The average Bonchev–Trinajstić information content (AvgIpc) is 2.43. The highest BCUT2D eigenvalue weighted by molar-refractivity contribution is 6.29. The third-order valence-corrected chi connectivity index (χ3v) is 3.78. The van der Waals surface area contributed by atoms with E-state index in [0.29, 0.717) is 30.6 Å². The quantitative estimate of drug-likeness (QED) is 0.760. The Kier molecular flexibility index (Phi) is 5.98. The molecule has 2 heterocycles. The maximum atomic E-state index is 12.3. The van der Waals surface area contributed by atoms with E-state index in [4.69, 9.17) is 21.1 Å². The first kappa shape index (κ1) is 19.6. The molecule has 1 saturated heterocycles. The molecule has 8 heteroatoms. The summed E-state index contributed by atoms with van der Waals surface area (Å²) in [7, 11) is 0. The minimum atomic E-state index is -0.503. The van der Waals surface area contributed by atoms with Gasteiger partial charge in [0.1, 0.15) is 16.6 Å². The molecule has 1 fully saturated rings. The van der Waals surface area contributed by atoms with Crippen molar-refractivity contribution in [3.63, 3.8) is 0 Å². The second-order valence-corrected chi connectivity index (χ2v) is 7.85. The minimum Gasteiger partial charge on any atom is -0.461 e. The molecule has 1 amide bonds. The van der Waals surface area contributed by atoms with Crippen LogP contribution in [-0.2, 0) is 4.74 Å². The van der Waals surface area contributed by atoms with E-state index in [1.807, 2.05) is 41.5 Å². The molecule has 0 spiro atoms. The predicted octanol–water partition coefficient (Wildman–Crippen LogP) is 3.36. The van der Waals surface area contributed by atoms with Crippen molar-refractivity contribution < 1.29 is 14.3 Å². The van der Waals surface area contributed by atoms with Crippen molar-refractivity contribution in [2.75, 3.05) is 24.5 Å². The number of carbonyl (C=O) groups is 1. The zero-order valence-electron chi connectivity index (χ0n) is 15.7. The predicted molar refractivity (Wildman–Crippen MR) is 97.4 cm³/mol. The summed E-state index contributed by atoms with van der Waals surface area (Å²) in [6, 6.07) is 1.97. The van der Waals surface area contributed by atoms with E-state index in [9.17, 15) is 4.79 Å². The average molecular weight is 371 g/mol. The molecule has 0 aromatic carbocycles. The summed E-state index contributed by atoms with van der Waals surface area (Å²) >= 11 is 6.10. The number of anilines is 1. The fraction of sp³-hybridized carbons (Fsp3) is 0.706. The van der Waals surface area contributed by atoms with Crippen LogP contribution in [0.4, 0.5) is 10.6 Å². The second-order valence-electron chi connectivity index (χ2n) is 7.47. The molecule has 140 valence electrons. The fourth-order valence-electron chi connectivity index (χ4n) is 2.57. The van der Waals surface area contributed by atoms with Gasteiger partial charge in [-0.25, -0.2) is 4.79 Å². The summed E-state index contributed by atoms with van der Waals surface area (Å²) in [4.78, 5) is 24.7. The van der Waals surface area contributed by atoms with Crippen molar-refractivity contribution in [3.05, 3.63) is 11.2 Å². The standard InChI is InChI=1S/C17H27ClN4O3/c1-11(2)24-15-19-13(18)9-14(20-15)21-7-8-22(12(3)10-21)16(23)25-17(4,5)6/h9,11-12H,7-8,10H2,1-6H3/t12-/m1/s1. The molecule has 0 aliphatic carbocycles. The van der Waals surface area contributed by atoms with Crippen LogP contribution < -0.4 is 9.64 Å². The number of hydrogen-bond acceptors (Lipinski definition) is 6. The van der Waals surface area contributed by atoms with E-state index in [1.165, 1.54) is 0 Å². The Hall–Kier alpha value is -1.76. The monoisotopic (exact) mass is 370 g/mol. The van der Waals surface area contributed by atoms with Gasteiger partial charge in [-0.15, -0.1) is 0 Å². The Bertz CT molecular complexity index is 618. The van der Waals surface area contributed by atoms with Crippen LogP contribution in [-0.4, -0.2) is 58.3 Å². The highest BCUT2D eigenvalue weighted by Gasteiger charge is 2.31. The number of aromatic nitrogens is 2. The molecule has 0 saturated carbocycles. The molecule has 1 aromatic rings. The molecule has 1 atom stereocenters. The lowest BCUT2D eigenvalue weighted by atomic mass is 10.2.